The third kappa shape index (κ3) is 2.26. The highest BCUT2D eigenvalue weighted by Gasteiger charge is 2.36. The van der Waals surface area contributed by atoms with Crippen LogP contribution in [0.1, 0.15) is 26.2 Å². The topological polar surface area (TPSA) is 38.0 Å². The molecular weight excluding hydrogens is 210 g/mol. The van der Waals surface area contributed by atoms with Crippen molar-refractivity contribution in [2.24, 2.45) is 5.92 Å². The Morgan fingerprint density at radius 3 is 2.56 bits per heavy atom. The van der Waals surface area contributed by atoms with Crippen molar-refractivity contribution in [2.45, 2.75) is 32.2 Å². The summed E-state index contributed by atoms with van der Waals surface area (Å²) in [7, 11) is 0. The third-order valence-corrected chi connectivity index (χ3v) is 2.98. The minimum absolute atomic E-state index is 0.0437. The van der Waals surface area contributed by atoms with E-state index in [-0.39, 0.29) is 17.4 Å². The van der Waals surface area contributed by atoms with Crippen LogP contribution in [-0.4, -0.2) is 6.04 Å². The molecule has 16 heavy (non-hydrogen) atoms. The monoisotopic (exact) mass is 226 g/mol. The molecule has 4 heteroatoms. The maximum absolute atomic E-state index is 13.4. The van der Waals surface area contributed by atoms with Gasteiger partial charge < -0.3 is 11.1 Å². The molecule has 2 rings (SSSR count). The molecule has 0 spiro atoms. The van der Waals surface area contributed by atoms with E-state index in [2.05, 4.69) is 12.2 Å². The van der Waals surface area contributed by atoms with Gasteiger partial charge in [0.05, 0.1) is 0 Å². The molecule has 0 aromatic heterocycles. The molecule has 2 atom stereocenters. The summed E-state index contributed by atoms with van der Waals surface area (Å²) in [5, 5.41) is 2.91. The molecule has 0 aliphatic heterocycles. The smallest absolute Gasteiger partial charge is 0.151 e. The molecule has 1 saturated carbocycles. The summed E-state index contributed by atoms with van der Waals surface area (Å²) in [6.07, 6.45) is 3.21. The van der Waals surface area contributed by atoms with Crippen LogP contribution in [0.4, 0.5) is 20.2 Å². The van der Waals surface area contributed by atoms with Crippen LogP contribution < -0.4 is 11.1 Å². The number of rotatable bonds is 4. The van der Waals surface area contributed by atoms with Gasteiger partial charge in [0.15, 0.2) is 11.6 Å². The lowest BCUT2D eigenvalue weighted by molar-refractivity contribution is 0.587. The zero-order chi connectivity index (χ0) is 11.7. The predicted molar refractivity (Wildman–Crippen MR) is 61.2 cm³/mol. The Labute approximate surface area is 93.8 Å². The van der Waals surface area contributed by atoms with Crippen molar-refractivity contribution in [1.29, 1.82) is 0 Å². The summed E-state index contributed by atoms with van der Waals surface area (Å²) < 4.78 is 26.9. The van der Waals surface area contributed by atoms with Crippen molar-refractivity contribution in [3.63, 3.8) is 0 Å². The van der Waals surface area contributed by atoms with Gasteiger partial charge in [0, 0.05) is 11.7 Å². The van der Waals surface area contributed by atoms with Crippen LogP contribution in [-0.2, 0) is 0 Å². The predicted octanol–water partition coefficient (Wildman–Crippen LogP) is 3.15. The van der Waals surface area contributed by atoms with Crippen molar-refractivity contribution in [1.82, 2.24) is 0 Å². The molecule has 3 N–H and O–H groups in total. The molecule has 1 aliphatic carbocycles. The molecule has 0 amide bonds. The first-order chi connectivity index (χ1) is 7.61. The SMILES string of the molecule is CCCC1CC1Nc1c(F)cc(N)cc1F. The summed E-state index contributed by atoms with van der Waals surface area (Å²) in [5.41, 5.74) is 5.41. The Bertz CT molecular complexity index is 370. The Morgan fingerprint density at radius 1 is 1.38 bits per heavy atom. The molecule has 0 saturated heterocycles. The van der Waals surface area contributed by atoms with Crippen LogP contribution in [0, 0.1) is 17.6 Å². The number of anilines is 2. The molecule has 1 aromatic rings. The van der Waals surface area contributed by atoms with Crippen molar-refractivity contribution in [2.75, 3.05) is 11.1 Å². The molecule has 0 radical (unpaired) electrons. The second-order valence-electron chi connectivity index (χ2n) is 4.39. The zero-order valence-electron chi connectivity index (χ0n) is 9.26. The van der Waals surface area contributed by atoms with Crippen molar-refractivity contribution in [3.8, 4) is 0 Å². The molecule has 1 fully saturated rings. The second-order valence-corrected chi connectivity index (χ2v) is 4.39. The van der Waals surface area contributed by atoms with E-state index in [0.717, 1.165) is 31.4 Å². The van der Waals surface area contributed by atoms with Gasteiger partial charge in [-0.3, -0.25) is 0 Å². The van der Waals surface area contributed by atoms with E-state index in [1.807, 2.05) is 0 Å². The quantitative estimate of drug-likeness (QED) is 0.774. The van der Waals surface area contributed by atoms with Gasteiger partial charge in [-0.05, 0) is 30.9 Å². The van der Waals surface area contributed by atoms with Crippen LogP contribution in [0.2, 0.25) is 0 Å². The first kappa shape index (κ1) is 11.2. The number of nitrogens with two attached hydrogens (primary N) is 1. The number of nitrogens with one attached hydrogen (secondary N) is 1. The van der Waals surface area contributed by atoms with Gasteiger partial charge in [-0.15, -0.1) is 0 Å². The average Bonchev–Trinajstić information content (AvgIpc) is 2.91. The number of nitrogen functional groups attached to an aromatic ring is 1. The minimum atomic E-state index is -0.611. The lowest BCUT2D eigenvalue weighted by Crippen LogP contribution is -2.08. The highest BCUT2D eigenvalue weighted by atomic mass is 19.1. The maximum atomic E-state index is 13.4. The fraction of sp³-hybridized carbons (Fsp3) is 0.500. The molecule has 88 valence electrons. The molecule has 1 aliphatic rings. The fourth-order valence-corrected chi connectivity index (χ4v) is 2.03. The summed E-state index contributed by atoms with van der Waals surface area (Å²) in [4.78, 5) is 0. The van der Waals surface area contributed by atoms with Gasteiger partial charge in [0.1, 0.15) is 5.69 Å². The Hall–Kier alpha value is -1.32. The van der Waals surface area contributed by atoms with Crippen molar-refractivity contribution >= 4 is 11.4 Å². The number of hydrogen-bond donors (Lipinski definition) is 2. The molecule has 2 unspecified atom stereocenters. The van der Waals surface area contributed by atoms with Crippen molar-refractivity contribution in [3.05, 3.63) is 23.8 Å². The van der Waals surface area contributed by atoms with Crippen LogP contribution in [0.5, 0.6) is 0 Å². The summed E-state index contributed by atoms with van der Waals surface area (Å²) >= 11 is 0. The summed E-state index contributed by atoms with van der Waals surface area (Å²) in [6, 6.07) is 2.50. The van der Waals surface area contributed by atoms with E-state index in [0.29, 0.717) is 5.92 Å². The highest BCUT2D eigenvalue weighted by Crippen LogP contribution is 2.38. The number of halogens is 2. The molecule has 0 bridgehead atoms. The third-order valence-electron chi connectivity index (χ3n) is 2.98. The van der Waals surface area contributed by atoms with Crippen LogP contribution in [0.15, 0.2) is 12.1 Å². The van der Waals surface area contributed by atoms with E-state index in [9.17, 15) is 8.78 Å². The van der Waals surface area contributed by atoms with Crippen LogP contribution in [0.25, 0.3) is 0 Å². The minimum Gasteiger partial charge on any atom is -0.399 e. The lowest BCUT2D eigenvalue weighted by Gasteiger charge is -2.09. The van der Waals surface area contributed by atoms with E-state index in [4.69, 9.17) is 5.73 Å². The molecule has 0 heterocycles. The Kier molecular flexibility index (Phi) is 2.99. The summed E-state index contributed by atoms with van der Waals surface area (Å²) in [6.45, 7) is 2.11. The van der Waals surface area contributed by atoms with Crippen molar-refractivity contribution < 1.29 is 8.78 Å². The first-order valence-electron chi connectivity index (χ1n) is 5.63. The van der Waals surface area contributed by atoms with Gasteiger partial charge in [0.2, 0.25) is 0 Å². The highest BCUT2D eigenvalue weighted by molar-refractivity contribution is 5.55. The molecule has 1 aromatic carbocycles. The standard InChI is InChI=1S/C12H16F2N2/c1-2-3-7-4-11(7)16-12-9(13)5-8(15)6-10(12)14/h5-7,11,16H,2-4,15H2,1H3. The lowest BCUT2D eigenvalue weighted by atomic mass is 10.2. The van der Waals surface area contributed by atoms with E-state index >= 15 is 0 Å². The van der Waals surface area contributed by atoms with Gasteiger partial charge in [-0.25, -0.2) is 8.78 Å². The second kappa shape index (κ2) is 4.28. The largest absolute Gasteiger partial charge is 0.399 e. The van der Waals surface area contributed by atoms with E-state index in [1.165, 1.54) is 0 Å². The normalized spacial score (nSPS) is 23.2. The van der Waals surface area contributed by atoms with Crippen LogP contribution >= 0.6 is 0 Å². The number of hydrogen-bond acceptors (Lipinski definition) is 2. The van der Waals surface area contributed by atoms with E-state index < -0.39 is 11.6 Å². The summed E-state index contributed by atoms with van der Waals surface area (Å²) in [5.74, 6) is -0.666. The van der Waals surface area contributed by atoms with Crippen LogP contribution in [0.3, 0.4) is 0 Å². The fourth-order valence-electron chi connectivity index (χ4n) is 2.03. The Morgan fingerprint density at radius 2 is 2.00 bits per heavy atom. The maximum Gasteiger partial charge on any atom is 0.151 e. The average molecular weight is 226 g/mol. The van der Waals surface area contributed by atoms with Gasteiger partial charge in [-0.1, -0.05) is 13.3 Å². The van der Waals surface area contributed by atoms with Gasteiger partial charge in [-0.2, -0.15) is 0 Å². The molecule has 2 nitrogen and oxygen atoms in total. The Balaban J connectivity index is 2.05. The molecular formula is C12H16F2N2. The zero-order valence-corrected chi connectivity index (χ0v) is 9.26. The van der Waals surface area contributed by atoms with E-state index in [1.54, 1.807) is 0 Å². The first-order valence-corrected chi connectivity index (χ1v) is 5.63. The number of benzene rings is 1. The van der Waals surface area contributed by atoms with Gasteiger partial charge >= 0.3 is 0 Å². The van der Waals surface area contributed by atoms with Gasteiger partial charge in [0.25, 0.3) is 0 Å².